The van der Waals surface area contributed by atoms with Crippen molar-refractivity contribution < 1.29 is 9.84 Å². The zero-order chi connectivity index (χ0) is 12.5. The highest BCUT2D eigenvalue weighted by Gasteiger charge is 2.23. The summed E-state index contributed by atoms with van der Waals surface area (Å²) in [5, 5.41) is 12.8. The molecule has 0 saturated heterocycles. The van der Waals surface area contributed by atoms with Crippen LogP contribution in [0.4, 0.5) is 0 Å². The molecule has 1 aliphatic carbocycles. The average Bonchev–Trinajstić information content (AvgIpc) is 2.33. The summed E-state index contributed by atoms with van der Waals surface area (Å²) in [5.41, 5.74) is 0. The standard InChI is InChI=1S/C14H29NO2/c1-12(2)17-9-5-8-15-10-13-6-3-4-7-14(13)11-16/h12-16H,3-11H2,1-2H3. The van der Waals surface area contributed by atoms with E-state index in [1.165, 1.54) is 25.7 Å². The molecule has 1 aliphatic rings. The van der Waals surface area contributed by atoms with E-state index in [2.05, 4.69) is 19.2 Å². The fraction of sp³-hybridized carbons (Fsp3) is 1.00. The molecule has 1 rings (SSSR count). The predicted molar refractivity (Wildman–Crippen MR) is 71.1 cm³/mol. The minimum absolute atomic E-state index is 0.340. The largest absolute Gasteiger partial charge is 0.396 e. The summed E-state index contributed by atoms with van der Waals surface area (Å²) in [6, 6.07) is 0. The Morgan fingerprint density at radius 2 is 1.94 bits per heavy atom. The second kappa shape index (κ2) is 8.90. The smallest absolute Gasteiger partial charge is 0.0518 e. The minimum atomic E-state index is 0.340. The molecule has 3 nitrogen and oxygen atoms in total. The van der Waals surface area contributed by atoms with E-state index < -0.39 is 0 Å². The van der Waals surface area contributed by atoms with E-state index in [4.69, 9.17) is 4.74 Å². The maximum atomic E-state index is 9.32. The highest BCUT2D eigenvalue weighted by Crippen LogP contribution is 2.28. The Morgan fingerprint density at radius 1 is 1.24 bits per heavy atom. The van der Waals surface area contributed by atoms with Crippen LogP contribution in [-0.4, -0.2) is 37.5 Å². The highest BCUT2D eigenvalue weighted by molar-refractivity contribution is 4.76. The second-order valence-electron chi connectivity index (χ2n) is 5.46. The summed E-state index contributed by atoms with van der Waals surface area (Å²) in [7, 11) is 0. The second-order valence-corrected chi connectivity index (χ2v) is 5.46. The van der Waals surface area contributed by atoms with Crippen molar-refractivity contribution in [3.63, 3.8) is 0 Å². The highest BCUT2D eigenvalue weighted by atomic mass is 16.5. The Balaban J connectivity index is 2.01. The van der Waals surface area contributed by atoms with Crippen molar-refractivity contribution in [1.82, 2.24) is 5.32 Å². The van der Waals surface area contributed by atoms with Gasteiger partial charge in [0, 0.05) is 13.2 Å². The van der Waals surface area contributed by atoms with Crippen LogP contribution < -0.4 is 5.32 Å². The minimum Gasteiger partial charge on any atom is -0.396 e. The zero-order valence-electron chi connectivity index (χ0n) is 11.5. The normalized spacial score (nSPS) is 25.4. The lowest BCUT2D eigenvalue weighted by Crippen LogP contribution is -2.33. The Hall–Kier alpha value is -0.120. The average molecular weight is 243 g/mol. The molecule has 0 spiro atoms. The van der Waals surface area contributed by atoms with Gasteiger partial charge in [0.1, 0.15) is 0 Å². The third-order valence-corrected chi connectivity index (χ3v) is 3.66. The first-order chi connectivity index (χ1) is 8.24. The van der Waals surface area contributed by atoms with Crippen molar-refractivity contribution in [2.24, 2.45) is 11.8 Å². The number of hydrogen-bond donors (Lipinski definition) is 2. The van der Waals surface area contributed by atoms with Crippen molar-refractivity contribution in [1.29, 1.82) is 0 Å². The molecular formula is C14H29NO2. The van der Waals surface area contributed by atoms with E-state index in [1.54, 1.807) is 0 Å². The molecule has 0 bridgehead atoms. The van der Waals surface area contributed by atoms with Crippen molar-refractivity contribution in [3.8, 4) is 0 Å². The lowest BCUT2D eigenvalue weighted by atomic mass is 9.79. The molecule has 2 N–H and O–H groups in total. The number of aliphatic hydroxyl groups excluding tert-OH is 1. The van der Waals surface area contributed by atoms with Gasteiger partial charge in [-0.05, 0) is 58.0 Å². The van der Waals surface area contributed by atoms with Gasteiger partial charge in [0.05, 0.1) is 6.10 Å². The van der Waals surface area contributed by atoms with Crippen molar-refractivity contribution in [3.05, 3.63) is 0 Å². The van der Waals surface area contributed by atoms with Crippen LogP contribution in [0.3, 0.4) is 0 Å². The molecule has 2 unspecified atom stereocenters. The molecule has 0 amide bonds. The van der Waals surface area contributed by atoms with Gasteiger partial charge < -0.3 is 15.2 Å². The lowest BCUT2D eigenvalue weighted by Gasteiger charge is -2.30. The molecule has 3 heteroatoms. The van der Waals surface area contributed by atoms with Crippen LogP contribution in [-0.2, 0) is 4.74 Å². The maximum absolute atomic E-state index is 9.32. The fourth-order valence-electron chi connectivity index (χ4n) is 2.60. The van der Waals surface area contributed by atoms with Gasteiger partial charge in [0.2, 0.25) is 0 Å². The summed E-state index contributed by atoms with van der Waals surface area (Å²) in [5.74, 6) is 1.21. The van der Waals surface area contributed by atoms with Gasteiger partial charge in [0.15, 0.2) is 0 Å². The Kier molecular flexibility index (Phi) is 7.82. The zero-order valence-corrected chi connectivity index (χ0v) is 11.5. The molecule has 0 heterocycles. The number of hydrogen-bond acceptors (Lipinski definition) is 3. The van der Waals surface area contributed by atoms with E-state index >= 15 is 0 Å². The topological polar surface area (TPSA) is 41.5 Å². The number of aliphatic hydroxyl groups is 1. The molecular weight excluding hydrogens is 214 g/mol. The Bertz CT molecular complexity index is 185. The van der Waals surface area contributed by atoms with E-state index in [0.29, 0.717) is 24.5 Å². The first kappa shape index (κ1) is 14.9. The molecule has 0 aromatic heterocycles. The fourth-order valence-corrected chi connectivity index (χ4v) is 2.60. The van der Waals surface area contributed by atoms with Gasteiger partial charge >= 0.3 is 0 Å². The lowest BCUT2D eigenvalue weighted by molar-refractivity contribution is 0.0762. The monoisotopic (exact) mass is 243 g/mol. The predicted octanol–water partition coefficient (Wildman–Crippen LogP) is 2.19. The van der Waals surface area contributed by atoms with Crippen LogP contribution in [0.1, 0.15) is 46.0 Å². The number of rotatable bonds is 8. The van der Waals surface area contributed by atoms with E-state index in [1.807, 2.05) is 0 Å². The Labute approximate surface area is 106 Å². The molecule has 0 aromatic carbocycles. The molecule has 2 atom stereocenters. The van der Waals surface area contributed by atoms with Crippen molar-refractivity contribution in [2.45, 2.75) is 52.1 Å². The van der Waals surface area contributed by atoms with E-state index in [-0.39, 0.29) is 0 Å². The SMILES string of the molecule is CC(C)OCCCNCC1CCCCC1CO. The van der Waals surface area contributed by atoms with Gasteiger partial charge in [-0.1, -0.05) is 12.8 Å². The van der Waals surface area contributed by atoms with Gasteiger partial charge in [-0.3, -0.25) is 0 Å². The van der Waals surface area contributed by atoms with Gasteiger partial charge in [-0.2, -0.15) is 0 Å². The Morgan fingerprint density at radius 3 is 2.59 bits per heavy atom. The molecule has 0 aliphatic heterocycles. The van der Waals surface area contributed by atoms with Crippen molar-refractivity contribution in [2.75, 3.05) is 26.3 Å². The van der Waals surface area contributed by atoms with E-state index in [0.717, 1.165) is 26.1 Å². The summed E-state index contributed by atoms with van der Waals surface area (Å²) < 4.78 is 5.50. The van der Waals surface area contributed by atoms with Gasteiger partial charge in [-0.15, -0.1) is 0 Å². The quantitative estimate of drug-likeness (QED) is 0.642. The summed E-state index contributed by atoms with van der Waals surface area (Å²) in [6.45, 7) is 7.44. The molecule has 17 heavy (non-hydrogen) atoms. The molecule has 1 saturated carbocycles. The third-order valence-electron chi connectivity index (χ3n) is 3.66. The first-order valence-corrected chi connectivity index (χ1v) is 7.17. The summed E-state index contributed by atoms with van der Waals surface area (Å²) in [6.07, 6.45) is 6.53. The number of nitrogens with one attached hydrogen (secondary N) is 1. The van der Waals surface area contributed by atoms with E-state index in [9.17, 15) is 5.11 Å². The molecule has 1 fully saturated rings. The van der Waals surface area contributed by atoms with Crippen molar-refractivity contribution >= 4 is 0 Å². The molecule has 0 radical (unpaired) electrons. The van der Waals surface area contributed by atoms with Gasteiger partial charge in [0.25, 0.3) is 0 Å². The maximum Gasteiger partial charge on any atom is 0.0518 e. The van der Waals surface area contributed by atoms with Crippen LogP contribution in [0.2, 0.25) is 0 Å². The van der Waals surface area contributed by atoms with Crippen LogP contribution in [0, 0.1) is 11.8 Å². The van der Waals surface area contributed by atoms with Crippen LogP contribution in [0.15, 0.2) is 0 Å². The summed E-state index contributed by atoms with van der Waals surface area (Å²) in [4.78, 5) is 0. The van der Waals surface area contributed by atoms with Gasteiger partial charge in [-0.25, -0.2) is 0 Å². The van der Waals surface area contributed by atoms with Crippen LogP contribution in [0.25, 0.3) is 0 Å². The summed E-state index contributed by atoms with van der Waals surface area (Å²) >= 11 is 0. The molecule has 0 aromatic rings. The van der Waals surface area contributed by atoms with Crippen LogP contribution in [0.5, 0.6) is 0 Å². The van der Waals surface area contributed by atoms with Crippen LogP contribution >= 0.6 is 0 Å². The number of ether oxygens (including phenoxy) is 1. The third kappa shape index (κ3) is 6.39. The first-order valence-electron chi connectivity index (χ1n) is 7.17. The molecule has 102 valence electrons.